The molecule has 90 valence electrons. The maximum absolute atomic E-state index is 9.31. The second-order valence-corrected chi connectivity index (χ2v) is 3.84. The predicted molar refractivity (Wildman–Crippen MR) is 62.4 cm³/mol. The quantitative estimate of drug-likeness (QED) is 0.739. The van der Waals surface area contributed by atoms with E-state index < -0.39 is 6.10 Å². The lowest BCUT2D eigenvalue weighted by Crippen LogP contribution is -2.31. The van der Waals surface area contributed by atoms with E-state index in [1.807, 2.05) is 36.2 Å². The van der Waals surface area contributed by atoms with E-state index in [-0.39, 0.29) is 6.61 Å². The molecule has 0 aliphatic rings. The molecular formula is C12H19NO3. The fourth-order valence-corrected chi connectivity index (χ4v) is 1.61. The van der Waals surface area contributed by atoms with Gasteiger partial charge in [-0.1, -0.05) is 18.2 Å². The standard InChI is InChI=1S/C12H19NO3/c1-13(8-11(15)9-14)7-10-5-3-4-6-12(10)16-2/h3-6,11,14-15H,7-9H2,1-2H3. The Morgan fingerprint density at radius 3 is 2.69 bits per heavy atom. The Labute approximate surface area is 96.1 Å². The second-order valence-electron chi connectivity index (χ2n) is 3.84. The predicted octanol–water partition coefficient (Wildman–Crippen LogP) is 0.480. The molecule has 0 aliphatic carbocycles. The number of para-hydroxylation sites is 1. The van der Waals surface area contributed by atoms with Gasteiger partial charge in [-0.2, -0.15) is 0 Å². The lowest BCUT2D eigenvalue weighted by atomic mass is 10.2. The van der Waals surface area contributed by atoms with Gasteiger partial charge in [-0.3, -0.25) is 4.90 Å². The highest BCUT2D eigenvalue weighted by Gasteiger charge is 2.09. The largest absolute Gasteiger partial charge is 0.496 e. The first kappa shape index (κ1) is 13.0. The normalized spacial score (nSPS) is 12.8. The zero-order valence-electron chi connectivity index (χ0n) is 9.76. The van der Waals surface area contributed by atoms with E-state index in [0.717, 1.165) is 11.3 Å². The van der Waals surface area contributed by atoms with Crippen LogP contribution < -0.4 is 4.74 Å². The zero-order chi connectivity index (χ0) is 12.0. The number of ether oxygens (including phenoxy) is 1. The monoisotopic (exact) mass is 225 g/mol. The summed E-state index contributed by atoms with van der Waals surface area (Å²) in [4.78, 5) is 1.94. The number of hydrogen-bond acceptors (Lipinski definition) is 4. The average Bonchev–Trinajstić information content (AvgIpc) is 2.29. The third-order valence-electron chi connectivity index (χ3n) is 2.37. The number of likely N-dealkylation sites (N-methyl/N-ethyl adjacent to an activating group) is 1. The van der Waals surface area contributed by atoms with Crippen molar-refractivity contribution in [2.45, 2.75) is 12.6 Å². The Morgan fingerprint density at radius 1 is 1.38 bits per heavy atom. The number of benzene rings is 1. The fourth-order valence-electron chi connectivity index (χ4n) is 1.61. The van der Waals surface area contributed by atoms with Gasteiger partial charge in [0, 0.05) is 18.7 Å². The Balaban J connectivity index is 2.58. The molecule has 4 heteroatoms. The van der Waals surface area contributed by atoms with Crippen LogP contribution in [0.1, 0.15) is 5.56 Å². The van der Waals surface area contributed by atoms with Crippen LogP contribution in [0.15, 0.2) is 24.3 Å². The van der Waals surface area contributed by atoms with Gasteiger partial charge in [0.25, 0.3) is 0 Å². The minimum atomic E-state index is -0.695. The summed E-state index contributed by atoms with van der Waals surface area (Å²) in [6.07, 6.45) is -0.695. The summed E-state index contributed by atoms with van der Waals surface area (Å²) < 4.78 is 5.24. The van der Waals surface area contributed by atoms with Gasteiger partial charge >= 0.3 is 0 Å². The summed E-state index contributed by atoms with van der Waals surface area (Å²) in [5.41, 5.74) is 1.07. The Morgan fingerprint density at radius 2 is 2.06 bits per heavy atom. The molecular weight excluding hydrogens is 206 g/mol. The highest BCUT2D eigenvalue weighted by Crippen LogP contribution is 2.18. The van der Waals surface area contributed by atoms with E-state index >= 15 is 0 Å². The molecule has 4 nitrogen and oxygen atoms in total. The molecule has 0 fully saturated rings. The SMILES string of the molecule is COc1ccccc1CN(C)CC(O)CO. The number of nitrogens with zero attached hydrogens (tertiary/aromatic N) is 1. The van der Waals surface area contributed by atoms with E-state index in [0.29, 0.717) is 13.1 Å². The zero-order valence-corrected chi connectivity index (χ0v) is 9.76. The van der Waals surface area contributed by atoms with Crippen molar-refractivity contribution in [1.29, 1.82) is 0 Å². The van der Waals surface area contributed by atoms with E-state index in [1.54, 1.807) is 7.11 Å². The first-order valence-electron chi connectivity index (χ1n) is 5.26. The van der Waals surface area contributed by atoms with Crippen molar-refractivity contribution in [2.75, 3.05) is 27.3 Å². The number of methoxy groups -OCH3 is 1. The minimum absolute atomic E-state index is 0.212. The molecule has 16 heavy (non-hydrogen) atoms. The number of aliphatic hydroxyl groups excluding tert-OH is 2. The lowest BCUT2D eigenvalue weighted by Gasteiger charge is -2.20. The molecule has 2 N–H and O–H groups in total. The molecule has 0 amide bonds. The molecule has 0 spiro atoms. The van der Waals surface area contributed by atoms with Crippen LogP contribution in [-0.4, -0.2) is 48.5 Å². The summed E-state index contributed by atoms with van der Waals surface area (Å²) in [7, 11) is 3.53. The minimum Gasteiger partial charge on any atom is -0.496 e. The van der Waals surface area contributed by atoms with Gasteiger partial charge in [0.05, 0.1) is 19.8 Å². The van der Waals surface area contributed by atoms with Crippen molar-refractivity contribution in [3.63, 3.8) is 0 Å². The summed E-state index contributed by atoms with van der Waals surface area (Å²) in [6, 6.07) is 7.77. The van der Waals surface area contributed by atoms with Gasteiger partial charge in [0.2, 0.25) is 0 Å². The fraction of sp³-hybridized carbons (Fsp3) is 0.500. The van der Waals surface area contributed by atoms with Crippen LogP contribution in [0.4, 0.5) is 0 Å². The second kappa shape index (κ2) is 6.48. The number of aliphatic hydroxyl groups is 2. The molecule has 0 bridgehead atoms. The average molecular weight is 225 g/mol. The van der Waals surface area contributed by atoms with Gasteiger partial charge in [-0.25, -0.2) is 0 Å². The third-order valence-corrected chi connectivity index (χ3v) is 2.37. The highest BCUT2D eigenvalue weighted by atomic mass is 16.5. The van der Waals surface area contributed by atoms with Gasteiger partial charge in [0.1, 0.15) is 5.75 Å². The molecule has 0 aromatic heterocycles. The first-order valence-corrected chi connectivity index (χ1v) is 5.26. The van der Waals surface area contributed by atoms with Crippen molar-refractivity contribution in [2.24, 2.45) is 0 Å². The summed E-state index contributed by atoms with van der Waals surface area (Å²) in [5, 5.41) is 18.1. The van der Waals surface area contributed by atoms with Crippen LogP contribution in [-0.2, 0) is 6.54 Å². The van der Waals surface area contributed by atoms with Crippen molar-refractivity contribution >= 4 is 0 Å². The van der Waals surface area contributed by atoms with Crippen LogP contribution in [0.3, 0.4) is 0 Å². The Hall–Kier alpha value is -1.10. The molecule has 0 heterocycles. The first-order chi connectivity index (χ1) is 7.67. The molecule has 1 aromatic rings. The van der Waals surface area contributed by atoms with Gasteiger partial charge in [-0.05, 0) is 13.1 Å². The van der Waals surface area contributed by atoms with Gasteiger partial charge < -0.3 is 14.9 Å². The Kier molecular flexibility index (Phi) is 5.25. The van der Waals surface area contributed by atoms with Gasteiger partial charge in [0.15, 0.2) is 0 Å². The van der Waals surface area contributed by atoms with Crippen LogP contribution in [0, 0.1) is 0 Å². The van der Waals surface area contributed by atoms with Crippen molar-refractivity contribution < 1.29 is 14.9 Å². The van der Waals surface area contributed by atoms with E-state index in [2.05, 4.69) is 0 Å². The highest BCUT2D eigenvalue weighted by molar-refractivity contribution is 5.32. The van der Waals surface area contributed by atoms with Crippen molar-refractivity contribution in [3.05, 3.63) is 29.8 Å². The van der Waals surface area contributed by atoms with Crippen molar-refractivity contribution in [1.82, 2.24) is 4.90 Å². The third kappa shape index (κ3) is 3.81. The molecule has 1 unspecified atom stereocenters. The molecule has 0 aliphatic heterocycles. The van der Waals surface area contributed by atoms with Crippen LogP contribution in [0.2, 0.25) is 0 Å². The lowest BCUT2D eigenvalue weighted by molar-refractivity contribution is 0.0646. The molecule has 1 rings (SSSR count). The molecule has 1 aromatic carbocycles. The molecule has 1 atom stereocenters. The maximum atomic E-state index is 9.31. The van der Waals surface area contributed by atoms with Gasteiger partial charge in [-0.15, -0.1) is 0 Å². The summed E-state index contributed by atoms with van der Waals surface area (Å²) in [6.45, 7) is 0.909. The van der Waals surface area contributed by atoms with Crippen molar-refractivity contribution in [3.8, 4) is 5.75 Å². The number of rotatable bonds is 6. The Bertz CT molecular complexity index is 317. The topological polar surface area (TPSA) is 52.9 Å². The van der Waals surface area contributed by atoms with Crippen LogP contribution >= 0.6 is 0 Å². The number of hydrogen-bond donors (Lipinski definition) is 2. The molecule has 0 saturated heterocycles. The smallest absolute Gasteiger partial charge is 0.123 e. The van der Waals surface area contributed by atoms with E-state index in [9.17, 15) is 5.11 Å². The molecule has 0 radical (unpaired) electrons. The van der Waals surface area contributed by atoms with E-state index in [1.165, 1.54) is 0 Å². The molecule has 0 saturated carbocycles. The maximum Gasteiger partial charge on any atom is 0.123 e. The van der Waals surface area contributed by atoms with E-state index in [4.69, 9.17) is 9.84 Å². The summed E-state index contributed by atoms with van der Waals surface area (Å²) >= 11 is 0. The summed E-state index contributed by atoms with van der Waals surface area (Å²) in [5.74, 6) is 0.841. The van der Waals surface area contributed by atoms with Crippen LogP contribution in [0.25, 0.3) is 0 Å². The van der Waals surface area contributed by atoms with Crippen LogP contribution in [0.5, 0.6) is 5.75 Å².